The molecule has 4 nitrogen and oxygen atoms in total. The molecule has 0 aromatic heterocycles. The predicted molar refractivity (Wildman–Crippen MR) is 109 cm³/mol. The molecule has 0 spiro atoms. The lowest BCUT2D eigenvalue weighted by Gasteiger charge is -2.31. The van der Waals surface area contributed by atoms with Gasteiger partial charge in [-0.3, -0.25) is 9.59 Å². The molecule has 0 bridgehead atoms. The van der Waals surface area contributed by atoms with Crippen molar-refractivity contribution in [2.24, 2.45) is 0 Å². The Balaban J connectivity index is 1.62. The molecule has 1 amide bonds. The Labute approximate surface area is 161 Å². The van der Waals surface area contributed by atoms with Crippen molar-refractivity contribution >= 4 is 17.4 Å². The second kappa shape index (κ2) is 8.49. The number of benzene rings is 2. The summed E-state index contributed by atoms with van der Waals surface area (Å²) in [5.74, 6) is -0.0970. The van der Waals surface area contributed by atoms with Crippen LogP contribution in [0.1, 0.15) is 55.5 Å². The van der Waals surface area contributed by atoms with Crippen molar-refractivity contribution in [2.45, 2.75) is 51.0 Å². The molecular formula is C23H28N2O2. The van der Waals surface area contributed by atoms with Crippen LogP contribution in [0.2, 0.25) is 0 Å². The highest BCUT2D eigenvalue weighted by molar-refractivity contribution is 5.98. The first-order valence-electron chi connectivity index (χ1n) is 9.71. The van der Waals surface area contributed by atoms with Crippen molar-refractivity contribution in [1.82, 2.24) is 5.32 Å². The molecule has 1 aliphatic carbocycles. The fourth-order valence-electron chi connectivity index (χ4n) is 3.92. The van der Waals surface area contributed by atoms with Crippen molar-refractivity contribution in [2.75, 3.05) is 11.9 Å². The summed E-state index contributed by atoms with van der Waals surface area (Å²) < 4.78 is 0. The molecule has 27 heavy (non-hydrogen) atoms. The highest BCUT2D eigenvalue weighted by atomic mass is 16.2. The van der Waals surface area contributed by atoms with E-state index in [4.69, 9.17) is 0 Å². The van der Waals surface area contributed by atoms with E-state index >= 15 is 0 Å². The molecule has 0 heterocycles. The largest absolute Gasteiger partial charge is 0.325 e. The van der Waals surface area contributed by atoms with E-state index in [1.54, 1.807) is 24.3 Å². The van der Waals surface area contributed by atoms with E-state index in [9.17, 15) is 9.59 Å². The van der Waals surface area contributed by atoms with E-state index in [1.165, 1.54) is 25.3 Å². The lowest BCUT2D eigenvalue weighted by molar-refractivity contribution is -0.117. The van der Waals surface area contributed by atoms with Crippen molar-refractivity contribution in [1.29, 1.82) is 0 Å². The molecule has 2 aromatic carbocycles. The maximum absolute atomic E-state index is 12.6. The average molecular weight is 364 g/mol. The quantitative estimate of drug-likeness (QED) is 0.720. The van der Waals surface area contributed by atoms with Crippen molar-refractivity contribution in [3.63, 3.8) is 0 Å². The van der Waals surface area contributed by atoms with Gasteiger partial charge in [0.05, 0.1) is 6.04 Å². The summed E-state index contributed by atoms with van der Waals surface area (Å²) in [6, 6.07) is 17.4. The zero-order valence-corrected chi connectivity index (χ0v) is 16.1. The smallest absolute Gasteiger partial charge is 0.241 e. The molecule has 1 atom stereocenters. The topological polar surface area (TPSA) is 58.2 Å². The lowest BCUT2D eigenvalue weighted by atomic mass is 9.78. The van der Waals surface area contributed by atoms with Gasteiger partial charge in [-0.15, -0.1) is 0 Å². The number of carbonyl (C=O) groups is 2. The van der Waals surface area contributed by atoms with Gasteiger partial charge in [0.1, 0.15) is 0 Å². The summed E-state index contributed by atoms with van der Waals surface area (Å²) in [5.41, 5.74) is 2.73. The molecule has 1 aliphatic rings. The normalized spacial score (nSPS) is 16.7. The van der Waals surface area contributed by atoms with Crippen molar-refractivity contribution < 1.29 is 9.59 Å². The monoisotopic (exact) mass is 364 g/mol. The second-order valence-corrected chi connectivity index (χ2v) is 7.58. The third kappa shape index (κ3) is 4.64. The van der Waals surface area contributed by atoms with E-state index in [2.05, 4.69) is 34.9 Å². The average Bonchev–Trinajstić information content (AvgIpc) is 3.17. The van der Waals surface area contributed by atoms with E-state index < -0.39 is 0 Å². The molecule has 2 aromatic rings. The molecule has 3 rings (SSSR count). The van der Waals surface area contributed by atoms with Crippen molar-refractivity contribution in [3.05, 3.63) is 65.7 Å². The van der Waals surface area contributed by atoms with E-state index in [0.717, 1.165) is 19.4 Å². The van der Waals surface area contributed by atoms with Gasteiger partial charge in [-0.05, 0) is 44.4 Å². The number of ketones is 1. The Kier molecular flexibility index (Phi) is 6.07. The number of Topliss-reactive ketones (excluding diaryl/α,β-unsaturated/α-hetero) is 1. The summed E-state index contributed by atoms with van der Waals surface area (Å²) in [5, 5.41) is 6.35. The van der Waals surface area contributed by atoms with Crippen LogP contribution < -0.4 is 10.6 Å². The molecule has 0 saturated heterocycles. The Bertz CT molecular complexity index is 795. The summed E-state index contributed by atoms with van der Waals surface area (Å²) >= 11 is 0. The molecule has 0 aliphatic heterocycles. The van der Waals surface area contributed by atoms with Crippen LogP contribution in [-0.4, -0.2) is 24.3 Å². The molecule has 1 fully saturated rings. The van der Waals surface area contributed by atoms with Crippen LogP contribution in [0, 0.1) is 0 Å². The first-order chi connectivity index (χ1) is 13.0. The second-order valence-electron chi connectivity index (χ2n) is 7.58. The van der Waals surface area contributed by atoms with E-state index in [-0.39, 0.29) is 23.1 Å². The minimum absolute atomic E-state index is 0.0108. The molecule has 1 saturated carbocycles. The van der Waals surface area contributed by atoms with Gasteiger partial charge in [-0.1, -0.05) is 55.3 Å². The van der Waals surface area contributed by atoms with Gasteiger partial charge in [-0.25, -0.2) is 0 Å². The summed E-state index contributed by atoms with van der Waals surface area (Å²) in [6.45, 7) is 4.20. The molecule has 0 radical (unpaired) electrons. The predicted octanol–water partition coefficient (Wildman–Crippen LogP) is 4.32. The Morgan fingerprint density at radius 3 is 2.41 bits per heavy atom. The third-order valence-corrected chi connectivity index (χ3v) is 5.62. The minimum atomic E-state index is -0.313. The Hall–Kier alpha value is -2.46. The molecule has 142 valence electrons. The van der Waals surface area contributed by atoms with Gasteiger partial charge < -0.3 is 10.6 Å². The van der Waals surface area contributed by atoms with Crippen LogP contribution >= 0.6 is 0 Å². The fourth-order valence-corrected chi connectivity index (χ4v) is 3.92. The third-order valence-electron chi connectivity index (χ3n) is 5.62. The van der Waals surface area contributed by atoms with Gasteiger partial charge in [0.25, 0.3) is 0 Å². The van der Waals surface area contributed by atoms with E-state index in [0.29, 0.717) is 11.3 Å². The SMILES string of the molecule is CC(=O)c1cccc(NC(=O)C(C)NCC2(c3ccccc3)CCCC2)c1. The standard InChI is InChI=1S/C23H28N2O2/c1-17(22(27)25-21-12-8-9-19(15-21)18(2)26)24-16-23(13-6-7-14-23)20-10-4-3-5-11-20/h3-5,8-12,15,17,24H,6-7,13-14,16H2,1-2H3,(H,25,27). The number of hydrogen-bond acceptors (Lipinski definition) is 3. The van der Waals surface area contributed by atoms with Crippen LogP contribution in [0.3, 0.4) is 0 Å². The summed E-state index contributed by atoms with van der Waals surface area (Å²) in [4.78, 5) is 24.1. The first-order valence-corrected chi connectivity index (χ1v) is 9.71. The number of anilines is 1. The van der Waals surface area contributed by atoms with Crippen LogP contribution in [0.15, 0.2) is 54.6 Å². The van der Waals surface area contributed by atoms with Gasteiger partial charge in [0.2, 0.25) is 5.91 Å². The number of hydrogen-bond donors (Lipinski definition) is 2. The highest BCUT2D eigenvalue weighted by Gasteiger charge is 2.35. The number of nitrogens with one attached hydrogen (secondary N) is 2. The molecular weight excluding hydrogens is 336 g/mol. The van der Waals surface area contributed by atoms with Gasteiger partial charge in [0.15, 0.2) is 5.78 Å². The molecule has 1 unspecified atom stereocenters. The van der Waals surface area contributed by atoms with E-state index in [1.807, 2.05) is 13.0 Å². The lowest BCUT2D eigenvalue weighted by Crippen LogP contribution is -2.45. The zero-order chi connectivity index (χ0) is 19.3. The van der Waals surface area contributed by atoms with Crippen LogP contribution in [-0.2, 0) is 10.2 Å². The van der Waals surface area contributed by atoms with Gasteiger partial charge in [0, 0.05) is 23.2 Å². The van der Waals surface area contributed by atoms with Crippen LogP contribution in [0.5, 0.6) is 0 Å². The number of amides is 1. The van der Waals surface area contributed by atoms with Gasteiger partial charge in [-0.2, -0.15) is 0 Å². The Morgan fingerprint density at radius 2 is 1.74 bits per heavy atom. The maximum Gasteiger partial charge on any atom is 0.241 e. The number of carbonyl (C=O) groups excluding carboxylic acids is 2. The Morgan fingerprint density at radius 1 is 1.04 bits per heavy atom. The van der Waals surface area contributed by atoms with Crippen LogP contribution in [0.25, 0.3) is 0 Å². The summed E-state index contributed by atoms with van der Waals surface area (Å²) in [7, 11) is 0. The zero-order valence-electron chi connectivity index (χ0n) is 16.1. The van der Waals surface area contributed by atoms with Crippen LogP contribution in [0.4, 0.5) is 5.69 Å². The first kappa shape index (κ1) is 19.3. The minimum Gasteiger partial charge on any atom is -0.325 e. The fraction of sp³-hybridized carbons (Fsp3) is 0.391. The molecule has 2 N–H and O–H groups in total. The summed E-state index contributed by atoms with van der Waals surface area (Å²) in [6.07, 6.45) is 4.77. The highest BCUT2D eigenvalue weighted by Crippen LogP contribution is 2.40. The number of rotatable bonds is 7. The molecule has 4 heteroatoms. The maximum atomic E-state index is 12.6. The van der Waals surface area contributed by atoms with Crippen molar-refractivity contribution in [3.8, 4) is 0 Å². The van der Waals surface area contributed by atoms with Gasteiger partial charge >= 0.3 is 0 Å².